The second-order valence-corrected chi connectivity index (χ2v) is 6.89. The van der Waals surface area contributed by atoms with Crippen molar-refractivity contribution in [3.05, 3.63) is 59.2 Å². The molecule has 1 fully saturated rings. The fourth-order valence-electron chi connectivity index (χ4n) is 3.50. The number of hydrogen-bond donors (Lipinski definition) is 0. The Kier molecular flexibility index (Phi) is 5.27. The Bertz CT molecular complexity index is 798. The minimum Gasteiger partial charge on any atom is -0.454 e. The molecule has 2 aliphatic heterocycles. The molecule has 2 aromatic carbocycles. The summed E-state index contributed by atoms with van der Waals surface area (Å²) in [6.45, 7) is 4.92. The minimum atomic E-state index is 0.0988. The van der Waals surface area contributed by atoms with Gasteiger partial charge in [-0.15, -0.1) is 0 Å². The van der Waals surface area contributed by atoms with Gasteiger partial charge in [0.2, 0.25) is 6.79 Å². The number of carbonyl (C=O) groups excluding carboxylic acids is 1. The van der Waals surface area contributed by atoms with Crippen LogP contribution in [0.15, 0.2) is 42.5 Å². The molecule has 0 unspecified atom stereocenters. The van der Waals surface area contributed by atoms with E-state index < -0.39 is 0 Å². The van der Waals surface area contributed by atoms with E-state index in [1.807, 2.05) is 41.3 Å². The Morgan fingerprint density at radius 2 is 1.67 bits per heavy atom. The van der Waals surface area contributed by atoms with Crippen molar-refractivity contribution >= 4 is 5.91 Å². The Hall–Kier alpha value is -2.57. The highest BCUT2D eigenvalue weighted by Gasteiger charge is 2.23. The first-order chi connectivity index (χ1) is 13.2. The van der Waals surface area contributed by atoms with Gasteiger partial charge in [-0.2, -0.15) is 0 Å². The number of rotatable bonds is 5. The summed E-state index contributed by atoms with van der Waals surface area (Å²) < 4.78 is 15.9. The molecule has 1 amide bonds. The van der Waals surface area contributed by atoms with Gasteiger partial charge in [-0.05, 0) is 35.4 Å². The first-order valence-electron chi connectivity index (χ1n) is 9.21. The number of fused-ring (bicyclic) bond motifs is 1. The maximum atomic E-state index is 12.7. The van der Waals surface area contributed by atoms with Crippen LogP contribution in [0.5, 0.6) is 11.5 Å². The summed E-state index contributed by atoms with van der Waals surface area (Å²) in [7, 11) is 1.67. The molecule has 0 saturated carbocycles. The number of amides is 1. The van der Waals surface area contributed by atoms with Crippen LogP contribution in [0.4, 0.5) is 0 Å². The van der Waals surface area contributed by atoms with Crippen LogP contribution in [-0.2, 0) is 17.9 Å². The van der Waals surface area contributed by atoms with E-state index in [1.165, 1.54) is 5.56 Å². The lowest BCUT2D eigenvalue weighted by Crippen LogP contribution is -2.48. The summed E-state index contributed by atoms with van der Waals surface area (Å²) >= 11 is 0. The second kappa shape index (κ2) is 7.98. The summed E-state index contributed by atoms with van der Waals surface area (Å²) in [4.78, 5) is 17.0. The molecule has 0 spiro atoms. The fraction of sp³-hybridized carbons (Fsp3) is 0.381. The molecule has 0 bridgehead atoms. The van der Waals surface area contributed by atoms with E-state index in [-0.39, 0.29) is 5.91 Å². The van der Waals surface area contributed by atoms with Crippen LogP contribution in [0, 0.1) is 0 Å². The number of benzene rings is 2. The average molecular weight is 368 g/mol. The van der Waals surface area contributed by atoms with E-state index >= 15 is 0 Å². The van der Waals surface area contributed by atoms with Gasteiger partial charge in [-0.3, -0.25) is 9.69 Å². The molecule has 0 aliphatic carbocycles. The standard InChI is InChI=1S/C21H24N2O4/c1-25-14-16-2-5-18(6-3-16)21(24)23-10-8-22(9-11-23)13-17-4-7-19-20(12-17)27-15-26-19/h2-7,12H,8-11,13-15H2,1H3. The third-order valence-corrected chi connectivity index (χ3v) is 5.01. The zero-order valence-electron chi connectivity index (χ0n) is 15.5. The van der Waals surface area contributed by atoms with Gasteiger partial charge < -0.3 is 19.1 Å². The quantitative estimate of drug-likeness (QED) is 0.812. The molecule has 2 aromatic rings. The van der Waals surface area contributed by atoms with Crippen LogP contribution in [0.3, 0.4) is 0 Å². The van der Waals surface area contributed by atoms with Crippen molar-refractivity contribution in [3.8, 4) is 11.5 Å². The van der Waals surface area contributed by atoms with Crippen LogP contribution in [-0.4, -0.2) is 55.8 Å². The molecule has 4 rings (SSSR count). The van der Waals surface area contributed by atoms with Gasteiger partial charge in [0.15, 0.2) is 11.5 Å². The van der Waals surface area contributed by atoms with E-state index in [1.54, 1.807) is 7.11 Å². The highest BCUT2D eigenvalue weighted by molar-refractivity contribution is 5.94. The van der Waals surface area contributed by atoms with Crippen LogP contribution in [0.1, 0.15) is 21.5 Å². The monoisotopic (exact) mass is 368 g/mol. The van der Waals surface area contributed by atoms with Gasteiger partial charge in [0.05, 0.1) is 6.61 Å². The van der Waals surface area contributed by atoms with Gasteiger partial charge in [-0.25, -0.2) is 0 Å². The normalized spacial score (nSPS) is 16.6. The smallest absolute Gasteiger partial charge is 0.253 e. The van der Waals surface area contributed by atoms with Crippen molar-refractivity contribution in [1.82, 2.24) is 9.80 Å². The first-order valence-corrected chi connectivity index (χ1v) is 9.21. The zero-order chi connectivity index (χ0) is 18.6. The average Bonchev–Trinajstić information content (AvgIpc) is 3.17. The number of nitrogens with zero attached hydrogens (tertiary/aromatic N) is 2. The maximum absolute atomic E-state index is 12.7. The van der Waals surface area contributed by atoms with Crippen molar-refractivity contribution < 1.29 is 19.0 Å². The van der Waals surface area contributed by atoms with Gasteiger partial charge in [-0.1, -0.05) is 18.2 Å². The maximum Gasteiger partial charge on any atom is 0.253 e. The van der Waals surface area contributed by atoms with Crippen molar-refractivity contribution in [2.24, 2.45) is 0 Å². The van der Waals surface area contributed by atoms with Crippen LogP contribution in [0.25, 0.3) is 0 Å². The third-order valence-electron chi connectivity index (χ3n) is 5.01. The lowest BCUT2D eigenvalue weighted by atomic mass is 10.1. The van der Waals surface area contributed by atoms with E-state index in [0.717, 1.165) is 55.3 Å². The van der Waals surface area contributed by atoms with Gasteiger partial charge >= 0.3 is 0 Å². The summed E-state index contributed by atoms with van der Waals surface area (Å²) in [5.74, 6) is 1.73. The zero-order valence-corrected chi connectivity index (χ0v) is 15.5. The molecule has 1 saturated heterocycles. The molecule has 27 heavy (non-hydrogen) atoms. The van der Waals surface area contributed by atoms with Crippen molar-refractivity contribution in [1.29, 1.82) is 0 Å². The number of methoxy groups -OCH3 is 1. The molecular weight excluding hydrogens is 344 g/mol. The highest BCUT2D eigenvalue weighted by atomic mass is 16.7. The second-order valence-electron chi connectivity index (χ2n) is 6.89. The molecule has 142 valence electrons. The first kappa shape index (κ1) is 17.8. The Morgan fingerprint density at radius 3 is 2.41 bits per heavy atom. The molecule has 0 aromatic heterocycles. The Morgan fingerprint density at radius 1 is 0.963 bits per heavy atom. The van der Waals surface area contributed by atoms with Crippen molar-refractivity contribution in [2.75, 3.05) is 40.1 Å². The van der Waals surface area contributed by atoms with Crippen LogP contribution >= 0.6 is 0 Å². The number of ether oxygens (including phenoxy) is 3. The van der Waals surface area contributed by atoms with Gasteiger partial charge in [0.25, 0.3) is 5.91 Å². The van der Waals surface area contributed by atoms with Crippen molar-refractivity contribution in [3.63, 3.8) is 0 Å². The highest BCUT2D eigenvalue weighted by Crippen LogP contribution is 2.32. The predicted molar refractivity (Wildman–Crippen MR) is 101 cm³/mol. The predicted octanol–water partition coefficient (Wildman–Crippen LogP) is 2.52. The molecule has 6 nitrogen and oxygen atoms in total. The van der Waals surface area contributed by atoms with Crippen molar-refractivity contribution in [2.45, 2.75) is 13.2 Å². The molecule has 0 atom stereocenters. The number of carbonyl (C=O) groups is 1. The van der Waals surface area contributed by atoms with E-state index in [2.05, 4.69) is 11.0 Å². The SMILES string of the molecule is COCc1ccc(C(=O)N2CCN(Cc3ccc4c(c3)OCO4)CC2)cc1. The molecular formula is C21H24N2O4. The van der Waals surface area contributed by atoms with Gasteiger partial charge in [0.1, 0.15) is 0 Å². The molecule has 2 aliphatic rings. The Balaban J connectivity index is 1.31. The molecule has 2 heterocycles. The van der Waals surface area contributed by atoms with Gasteiger partial charge in [0, 0.05) is 45.4 Å². The topological polar surface area (TPSA) is 51.2 Å². The Labute approximate surface area is 159 Å². The largest absolute Gasteiger partial charge is 0.454 e. The van der Waals surface area contributed by atoms with E-state index in [9.17, 15) is 4.79 Å². The summed E-state index contributed by atoms with van der Waals surface area (Å²) in [6.07, 6.45) is 0. The van der Waals surface area contributed by atoms with Crippen LogP contribution < -0.4 is 9.47 Å². The summed E-state index contributed by atoms with van der Waals surface area (Å²) in [5.41, 5.74) is 3.01. The van der Waals surface area contributed by atoms with E-state index in [0.29, 0.717) is 13.4 Å². The summed E-state index contributed by atoms with van der Waals surface area (Å²) in [6, 6.07) is 13.8. The minimum absolute atomic E-state index is 0.0988. The molecule has 6 heteroatoms. The molecule has 0 N–H and O–H groups in total. The lowest BCUT2D eigenvalue weighted by molar-refractivity contribution is 0.0628. The number of piperazine rings is 1. The lowest BCUT2D eigenvalue weighted by Gasteiger charge is -2.34. The van der Waals surface area contributed by atoms with Crippen LogP contribution in [0.2, 0.25) is 0 Å². The fourth-order valence-corrected chi connectivity index (χ4v) is 3.50. The van der Waals surface area contributed by atoms with E-state index in [4.69, 9.17) is 14.2 Å². The number of hydrogen-bond acceptors (Lipinski definition) is 5. The third kappa shape index (κ3) is 4.07. The molecule has 0 radical (unpaired) electrons. The summed E-state index contributed by atoms with van der Waals surface area (Å²) in [5, 5.41) is 0.